The van der Waals surface area contributed by atoms with Crippen molar-refractivity contribution < 1.29 is 4.74 Å². The molecule has 2 heteroatoms. The van der Waals surface area contributed by atoms with Gasteiger partial charge in [-0.1, -0.05) is 91.1 Å². The highest BCUT2D eigenvalue weighted by Gasteiger charge is 2.31. The monoisotopic (exact) mass is 398 g/mol. The summed E-state index contributed by atoms with van der Waals surface area (Å²) in [6.45, 7) is 13.7. The summed E-state index contributed by atoms with van der Waals surface area (Å²) in [5.41, 5.74) is 9.72. The first-order valence-electron chi connectivity index (χ1n) is 10.4. The van der Waals surface area contributed by atoms with E-state index in [4.69, 9.17) is 4.74 Å². The maximum atomic E-state index is 6.10. The molecule has 4 rings (SSSR count). The Morgan fingerprint density at radius 3 is 2.55 bits per heavy atom. The molecule has 0 spiro atoms. The van der Waals surface area contributed by atoms with Gasteiger partial charge in [0.2, 0.25) is 0 Å². The number of hydrogen-bond donors (Lipinski definition) is 0. The third-order valence-corrected chi connectivity index (χ3v) is 9.25. The molecule has 0 amide bonds. The Morgan fingerprint density at radius 2 is 1.76 bits per heavy atom. The fourth-order valence-electron chi connectivity index (χ4n) is 4.89. The van der Waals surface area contributed by atoms with E-state index in [9.17, 15) is 0 Å². The topological polar surface area (TPSA) is 9.23 Å². The molecular weight excluding hydrogens is 368 g/mol. The van der Waals surface area contributed by atoms with E-state index >= 15 is 0 Å². The van der Waals surface area contributed by atoms with Crippen LogP contribution >= 0.6 is 0 Å². The van der Waals surface area contributed by atoms with Gasteiger partial charge in [-0.25, -0.2) is 0 Å². The standard InChI is InChI=1S/C27H30OSi/c1-6-14-28-27-20(3)15-19(2)16-22(27)18-29(4,5)26-13-9-12-24-23-11-8-7-10-21(23)17-25(24)26/h6-13,15-16H,1,14,17-18H2,2-5H3. The Bertz CT molecular complexity index is 1080. The first-order valence-corrected chi connectivity index (χ1v) is 13.7. The van der Waals surface area contributed by atoms with Crippen LogP contribution in [0.4, 0.5) is 0 Å². The number of hydrogen-bond acceptors (Lipinski definition) is 1. The molecule has 0 atom stereocenters. The largest absolute Gasteiger partial charge is 0.489 e. The molecule has 0 radical (unpaired) electrons. The van der Waals surface area contributed by atoms with Gasteiger partial charge >= 0.3 is 0 Å². The van der Waals surface area contributed by atoms with Crippen molar-refractivity contribution in [3.8, 4) is 16.9 Å². The highest BCUT2D eigenvalue weighted by Crippen LogP contribution is 2.37. The summed E-state index contributed by atoms with van der Waals surface area (Å²) in [5, 5.41) is 1.58. The molecule has 0 saturated carbocycles. The summed E-state index contributed by atoms with van der Waals surface area (Å²) >= 11 is 0. The molecule has 1 aliphatic carbocycles. The van der Waals surface area contributed by atoms with Gasteiger partial charge in [0.15, 0.2) is 0 Å². The van der Waals surface area contributed by atoms with E-state index in [1.165, 1.54) is 33.4 Å². The number of rotatable bonds is 6. The fourth-order valence-corrected chi connectivity index (χ4v) is 7.88. The molecule has 1 aliphatic rings. The molecule has 3 aromatic rings. The molecule has 0 aliphatic heterocycles. The van der Waals surface area contributed by atoms with E-state index in [1.54, 1.807) is 10.8 Å². The van der Waals surface area contributed by atoms with Crippen LogP contribution in [0.5, 0.6) is 5.75 Å². The number of fused-ring (bicyclic) bond motifs is 3. The Labute approximate surface area is 176 Å². The molecule has 0 bridgehead atoms. The summed E-state index contributed by atoms with van der Waals surface area (Å²) in [5.74, 6) is 1.05. The van der Waals surface area contributed by atoms with Gasteiger partial charge in [0.05, 0.1) is 8.07 Å². The number of benzene rings is 3. The highest BCUT2D eigenvalue weighted by molar-refractivity contribution is 6.89. The predicted octanol–water partition coefficient (Wildman–Crippen LogP) is 6.14. The van der Waals surface area contributed by atoms with Gasteiger partial charge in [0.1, 0.15) is 12.4 Å². The SMILES string of the molecule is C=CCOc1c(C)cc(C)cc1C[Si](C)(C)c1cccc2c1Cc1ccccc1-2. The van der Waals surface area contributed by atoms with Crippen molar-refractivity contribution >= 4 is 13.3 Å². The average Bonchev–Trinajstić information content (AvgIpc) is 3.05. The van der Waals surface area contributed by atoms with Crippen LogP contribution < -0.4 is 9.92 Å². The first kappa shape index (κ1) is 19.7. The Morgan fingerprint density at radius 1 is 1.00 bits per heavy atom. The minimum Gasteiger partial charge on any atom is -0.489 e. The van der Waals surface area contributed by atoms with Gasteiger partial charge < -0.3 is 4.74 Å². The van der Waals surface area contributed by atoms with E-state index in [0.717, 1.165) is 18.2 Å². The smallest absolute Gasteiger partial charge is 0.125 e. The molecule has 0 N–H and O–H groups in total. The molecule has 0 saturated heterocycles. The predicted molar refractivity (Wildman–Crippen MR) is 127 cm³/mol. The van der Waals surface area contributed by atoms with E-state index in [-0.39, 0.29) is 0 Å². The van der Waals surface area contributed by atoms with Crippen LogP contribution in [-0.2, 0) is 12.5 Å². The Balaban J connectivity index is 1.74. The van der Waals surface area contributed by atoms with Crippen LogP contribution in [0, 0.1) is 13.8 Å². The Hall–Kier alpha value is -2.58. The fraction of sp³-hybridized carbons (Fsp3) is 0.259. The lowest BCUT2D eigenvalue weighted by atomic mass is 10.1. The van der Waals surface area contributed by atoms with Crippen LogP contribution in [-0.4, -0.2) is 14.7 Å². The van der Waals surface area contributed by atoms with Gasteiger partial charge in [-0.3, -0.25) is 0 Å². The van der Waals surface area contributed by atoms with Gasteiger partial charge in [0, 0.05) is 0 Å². The Kier molecular flexibility index (Phi) is 5.22. The lowest BCUT2D eigenvalue weighted by Crippen LogP contribution is -2.46. The second kappa shape index (κ2) is 7.68. The van der Waals surface area contributed by atoms with Crippen LogP contribution in [0.25, 0.3) is 11.1 Å². The molecular formula is C27H30OSi. The molecule has 29 heavy (non-hydrogen) atoms. The van der Waals surface area contributed by atoms with Gasteiger partial charge in [-0.05, 0) is 59.7 Å². The van der Waals surface area contributed by atoms with E-state index in [0.29, 0.717) is 6.61 Å². The zero-order valence-corrected chi connectivity index (χ0v) is 19.0. The molecule has 0 heterocycles. The third-order valence-electron chi connectivity index (χ3n) is 6.05. The van der Waals surface area contributed by atoms with Crippen molar-refractivity contribution in [1.82, 2.24) is 0 Å². The number of aryl methyl sites for hydroxylation is 2. The van der Waals surface area contributed by atoms with E-state index in [2.05, 4.69) is 88.1 Å². The molecule has 3 aromatic carbocycles. The quantitative estimate of drug-likeness (QED) is 0.280. The lowest BCUT2D eigenvalue weighted by Gasteiger charge is -2.28. The molecule has 148 valence electrons. The van der Waals surface area contributed by atoms with Crippen molar-refractivity contribution in [2.75, 3.05) is 6.61 Å². The molecule has 0 unspecified atom stereocenters. The van der Waals surface area contributed by atoms with Crippen LogP contribution in [0.15, 0.2) is 67.3 Å². The van der Waals surface area contributed by atoms with Crippen molar-refractivity contribution in [2.24, 2.45) is 0 Å². The minimum absolute atomic E-state index is 0.551. The zero-order valence-electron chi connectivity index (χ0n) is 18.0. The summed E-state index contributed by atoms with van der Waals surface area (Å²) < 4.78 is 6.10. The van der Waals surface area contributed by atoms with E-state index < -0.39 is 8.07 Å². The second-order valence-corrected chi connectivity index (χ2v) is 13.6. The normalized spacial score (nSPS) is 12.4. The van der Waals surface area contributed by atoms with Gasteiger partial charge in [0.25, 0.3) is 0 Å². The van der Waals surface area contributed by atoms with E-state index in [1.807, 2.05) is 6.08 Å². The first-order chi connectivity index (χ1) is 13.9. The average molecular weight is 399 g/mol. The van der Waals surface area contributed by atoms with Gasteiger partial charge in [-0.2, -0.15) is 0 Å². The maximum absolute atomic E-state index is 6.10. The summed E-state index contributed by atoms with van der Waals surface area (Å²) in [4.78, 5) is 0. The van der Waals surface area contributed by atoms with Crippen molar-refractivity contribution in [2.45, 2.75) is 39.4 Å². The highest BCUT2D eigenvalue weighted by atomic mass is 28.3. The van der Waals surface area contributed by atoms with Crippen LogP contribution in [0.3, 0.4) is 0 Å². The second-order valence-electron chi connectivity index (χ2n) is 8.90. The molecule has 0 aromatic heterocycles. The van der Waals surface area contributed by atoms with Crippen LogP contribution in [0.1, 0.15) is 27.8 Å². The maximum Gasteiger partial charge on any atom is 0.125 e. The lowest BCUT2D eigenvalue weighted by molar-refractivity contribution is 0.357. The van der Waals surface area contributed by atoms with Crippen molar-refractivity contribution in [3.05, 3.63) is 95.1 Å². The minimum atomic E-state index is -1.74. The third kappa shape index (κ3) is 3.69. The zero-order chi connectivity index (χ0) is 20.6. The molecule has 0 fully saturated rings. The summed E-state index contributed by atoms with van der Waals surface area (Å²) in [6.07, 6.45) is 2.89. The summed E-state index contributed by atoms with van der Waals surface area (Å²) in [6, 6.07) is 21.4. The van der Waals surface area contributed by atoms with Crippen LogP contribution in [0.2, 0.25) is 13.1 Å². The molecule has 1 nitrogen and oxygen atoms in total. The number of ether oxygens (including phenoxy) is 1. The van der Waals surface area contributed by atoms with Crippen molar-refractivity contribution in [1.29, 1.82) is 0 Å². The van der Waals surface area contributed by atoms with Crippen molar-refractivity contribution in [3.63, 3.8) is 0 Å². The summed E-state index contributed by atoms with van der Waals surface area (Å²) in [7, 11) is -1.74. The van der Waals surface area contributed by atoms with Gasteiger partial charge in [-0.15, -0.1) is 0 Å².